The fourth-order valence-electron chi connectivity index (χ4n) is 1.52. The summed E-state index contributed by atoms with van der Waals surface area (Å²) in [6, 6.07) is 1.91. The maximum atomic E-state index is 4.47. The van der Waals surface area contributed by atoms with Gasteiger partial charge in [-0.25, -0.2) is 9.97 Å². The number of nitrogens with zero attached hydrogens (tertiary/aromatic N) is 4. The number of hydrogen-bond donors (Lipinski definition) is 1. The molecule has 0 saturated carbocycles. The van der Waals surface area contributed by atoms with Crippen LogP contribution >= 0.6 is 11.3 Å². The van der Waals surface area contributed by atoms with Crippen molar-refractivity contribution < 1.29 is 0 Å². The van der Waals surface area contributed by atoms with E-state index in [0.29, 0.717) is 5.95 Å². The van der Waals surface area contributed by atoms with Gasteiger partial charge in [0.05, 0.1) is 17.7 Å². The second kappa shape index (κ2) is 6.30. The van der Waals surface area contributed by atoms with Crippen LogP contribution in [0, 0.1) is 0 Å². The molecule has 2 aromatic rings. The van der Waals surface area contributed by atoms with Gasteiger partial charge in [0.2, 0.25) is 5.95 Å². The minimum absolute atomic E-state index is 0.680. The Morgan fingerprint density at radius 3 is 3.00 bits per heavy atom. The van der Waals surface area contributed by atoms with E-state index in [1.54, 1.807) is 17.5 Å². The van der Waals surface area contributed by atoms with Crippen molar-refractivity contribution in [3.05, 3.63) is 28.8 Å². The number of hydrogen-bond acceptors (Lipinski definition) is 6. The second-order valence-electron chi connectivity index (χ2n) is 4.00. The smallest absolute Gasteiger partial charge is 0.224 e. The minimum atomic E-state index is 0.680. The first-order valence-corrected chi connectivity index (χ1v) is 6.89. The molecular formula is C12H17N5S. The average molecular weight is 263 g/mol. The van der Waals surface area contributed by atoms with Crippen molar-refractivity contribution in [1.82, 2.24) is 15.0 Å². The van der Waals surface area contributed by atoms with Gasteiger partial charge in [0.15, 0.2) is 0 Å². The van der Waals surface area contributed by atoms with Crippen molar-refractivity contribution in [3.63, 3.8) is 0 Å². The van der Waals surface area contributed by atoms with Crippen LogP contribution in [-0.2, 0) is 6.54 Å². The Bertz CT molecular complexity index is 471. The normalized spacial score (nSPS) is 10.3. The molecule has 0 aliphatic heterocycles. The first-order valence-electron chi connectivity index (χ1n) is 5.94. The molecule has 0 saturated heterocycles. The van der Waals surface area contributed by atoms with E-state index < -0.39 is 0 Å². The van der Waals surface area contributed by atoms with Crippen LogP contribution in [0.2, 0.25) is 0 Å². The molecule has 0 radical (unpaired) electrons. The number of thiazole rings is 1. The quantitative estimate of drug-likeness (QED) is 0.867. The largest absolute Gasteiger partial charge is 0.354 e. The van der Waals surface area contributed by atoms with Crippen molar-refractivity contribution in [3.8, 4) is 0 Å². The third-order valence-electron chi connectivity index (χ3n) is 2.45. The van der Waals surface area contributed by atoms with Crippen molar-refractivity contribution >= 4 is 23.1 Å². The molecular weight excluding hydrogens is 246 g/mol. The summed E-state index contributed by atoms with van der Waals surface area (Å²) in [5.41, 5.74) is 2.90. The van der Waals surface area contributed by atoms with Gasteiger partial charge in [0.1, 0.15) is 5.82 Å². The standard InChI is InChI=1S/C12H17N5S/c1-3-5-13-12-14-6-4-11(16-12)17(2)7-10-8-18-9-15-10/h4,6,8-9H,3,5,7H2,1-2H3,(H,13,14,16). The first kappa shape index (κ1) is 12.8. The average Bonchev–Trinajstić information content (AvgIpc) is 2.89. The molecule has 0 amide bonds. The Morgan fingerprint density at radius 1 is 1.39 bits per heavy atom. The maximum Gasteiger partial charge on any atom is 0.224 e. The van der Waals surface area contributed by atoms with Gasteiger partial charge >= 0.3 is 0 Å². The summed E-state index contributed by atoms with van der Waals surface area (Å²) in [6.45, 7) is 3.76. The summed E-state index contributed by atoms with van der Waals surface area (Å²) in [5.74, 6) is 1.58. The predicted molar refractivity (Wildman–Crippen MR) is 75.0 cm³/mol. The van der Waals surface area contributed by atoms with Crippen LogP contribution in [0.4, 0.5) is 11.8 Å². The molecule has 0 atom stereocenters. The minimum Gasteiger partial charge on any atom is -0.354 e. The van der Waals surface area contributed by atoms with Crippen molar-refractivity contribution in [2.45, 2.75) is 19.9 Å². The molecule has 96 valence electrons. The fraction of sp³-hybridized carbons (Fsp3) is 0.417. The van der Waals surface area contributed by atoms with E-state index in [4.69, 9.17) is 0 Å². The molecule has 0 bridgehead atoms. The summed E-state index contributed by atoms with van der Waals surface area (Å²) >= 11 is 1.61. The highest BCUT2D eigenvalue weighted by atomic mass is 32.1. The van der Waals surface area contributed by atoms with E-state index in [-0.39, 0.29) is 0 Å². The molecule has 0 aliphatic rings. The molecule has 18 heavy (non-hydrogen) atoms. The van der Waals surface area contributed by atoms with Gasteiger partial charge in [-0.05, 0) is 12.5 Å². The monoisotopic (exact) mass is 263 g/mol. The Morgan fingerprint density at radius 2 is 2.28 bits per heavy atom. The molecule has 0 fully saturated rings. The van der Waals surface area contributed by atoms with Gasteiger partial charge in [-0.1, -0.05) is 6.92 Å². The van der Waals surface area contributed by atoms with Gasteiger partial charge in [0.25, 0.3) is 0 Å². The van der Waals surface area contributed by atoms with Crippen LogP contribution in [0.25, 0.3) is 0 Å². The number of anilines is 2. The van der Waals surface area contributed by atoms with Crippen molar-refractivity contribution in [2.75, 3.05) is 23.8 Å². The Labute approximate surface area is 111 Å². The van der Waals surface area contributed by atoms with Crippen molar-refractivity contribution in [1.29, 1.82) is 0 Å². The van der Waals surface area contributed by atoms with Crippen LogP contribution in [0.5, 0.6) is 0 Å². The molecule has 0 aromatic carbocycles. The van der Waals surface area contributed by atoms with E-state index in [1.165, 1.54) is 0 Å². The first-order chi connectivity index (χ1) is 8.79. The van der Waals surface area contributed by atoms with E-state index in [2.05, 4.69) is 32.1 Å². The summed E-state index contributed by atoms with van der Waals surface area (Å²) in [7, 11) is 2.01. The lowest BCUT2D eigenvalue weighted by atomic mass is 10.4. The number of nitrogens with one attached hydrogen (secondary N) is 1. The van der Waals surface area contributed by atoms with Gasteiger partial charge in [-0.3, -0.25) is 0 Å². The second-order valence-corrected chi connectivity index (χ2v) is 4.72. The summed E-state index contributed by atoms with van der Waals surface area (Å²) in [5, 5.41) is 5.24. The van der Waals surface area contributed by atoms with Gasteiger partial charge in [0, 0.05) is 25.2 Å². The third-order valence-corrected chi connectivity index (χ3v) is 3.08. The van der Waals surface area contributed by atoms with Gasteiger partial charge in [-0.15, -0.1) is 11.3 Å². The molecule has 2 aromatic heterocycles. The maximum absolute atomic E-state index is 4.47. The van der Waals surface area contributed by atoms with Crippen molar-refractivity contribution in [2.24, 2.45) is 0 Å². The zero-order chi connectivity index (χ0) is 12.8. The van der Waals surface area contributed by atoms with E-state index >= 15 is 0 Å². The zero-order valence-corrected chi connectivity index (χ0v) is 11.4. The van der Waals surface area contributed by atoms with E-state index in [0.717, 1.165) is 31.0 Å². The van der Waals surface area contributed by atoms with Crippen LogP contribution < -0.4 is 10.2 Å². The zero-order valence-electron chi connectivity index (χ0n) is 10.6. The topological polar surface area (TPSA) is 53.9 Å². The molecule has 5 nitrogen and oxygen atoms in total. The van der Waals surface area contributed by atoms with Gasteiger partial charge in [-0.2, -0.15) is 4.98 Å². The molecule has 2 rings (SSSR count). The van der Waals surface area contributed by atoms with Crippen LogP contribution in [0.1, 0.15) is 19.0 Å². The Balaban J connectivity index is 2.03. The summed E-state index contributed by atoms with van der Waals surface area (Å²) < 4.78 is 0. The summed E-state index contributed by atoms with van der Waals surface area (Å²) in [6.07, 6.45) is 2.83. The molecule has 1 N–H and O–H groups in total. The fourth-order valence-corrected chi connectivity index (χ4v) is 2.07. The highest BCUT2D eigenvalue weighted by Crippen LogP contribution is 2.13. The van der Waals surface area contributed by atoms with Crippen LogP contribution in [0.3, 0.4) is 0 Å². The highest BCUT2D eigenvalue weighted by molar-refractivity contribution is 7.07. The molecule has 0 spiro atoms. The molecule has 6 heteroatoms. The van der Waals surface area contributed by atoms with Crippen LogP contribution in [-0.4, -0.2) is 28.5 Å². The number of rotatable bonds is 6. The van der Waals surface area contributed by atoms with E-state index in [1.807, 2.05) is 24.0 Å². The molecule has 0 aliphatic carbocycles. The van der Waals surface area contributed by atoms with Crippen LogP contribution in [0.15, 0.2) is 23.2 Å². The SMILES string of the molecule is CCCNc1nccc(N(C)Cc2cscn2)n1. The van der Waals surface area contributed by atoms with Gasteiger partial charge < -0.3 is 10.2 Å². The van der Waals surface area contributed by atoms with E-state index in [9.17, 15) is 0 Å². The highest BCUT2D eigenvalue weighted by Gasteiger charge is 2.06. The lowest BCUT2D eigenvalue weighted by Crippen LogP contribution is -2.18. The summed E-state index contributed by atoms with van der Waals surface area (Å²) in [4.78, 5) is 15.0. The lowest BCUT2D eigenvalue weighted by molar-refractivity contribution is 0.865. The third kappa shape index (κ3) is 3.40. The lowest BCUT2D eigenvalue weighted by Gasteiger charge is -2.17. The Hall–Kier alpha value is -1.69. The molecule has 0 unspecified atom stereocenters. The number of aromatic nitrogens is 3. The Kier molecular flexibility index (Phi) is 4.46. The predicted octanol–water partition coefficient (Wildman–Crippen LogP) is 2.39. The molecule has 2 heterocycles.